The minimum atomic E-state index is -0.376. The van der Waals surface area contributed by atoms with E-state index in [9.17, 15) is 9.90 Å². The van der Waals surface area contributed by atoms with Gasteiger partial charge in [0.2, 0.25) is 0 Å². The van der Waals surface area contributed by atoms with Crippen LogP contribution in [0.25, 0.3) is 0 Å². The largest absolute Gasteiger partial charge is 0.391 e. The van der Waals surface area contributed by atoms with E-state index in [1.807, 2.05) is 12.1 Å². The van der Waals surface area contributed by atoms with Crippen molar-refractivity contribution in [1.29, 1.82) is 0 Å². The summed E-state index contributed by atoms with van der Waals surface area (Å²) >= 11 is 0. The van der Waals surface area contributed by atoms with Crippen molar-refractivity contribution in [2.24, 2.45) is 0 Å². The minimum absolute atomic E-state index is 0.0808. The summed E-state index contributed by atoms with van der Waals surface area (Å²) in [6.45, 7) is 1.18. The Bertz CT molecular complexity index is 501. The molecular weight excluding hydrogens is 252 g/mol. The molecule has 108 valence electrons. The van der Waals surface area contributed by atoms with Crippen LogP contribution in [0.3, 0.4) is 0 Å². The summed E-state index contributed by atoms with van der Waals surface area (Å²) in [4.78, 5) is 14.0. The molecule has 1 fully saturated rings. The first-order valence-corrected chi connectivity index (χ1v) is 7.59. The summed E-state index contributed by atoms with van der Waals surface area (Å²) in [5.74, 6) is 0. The van der Waals surface area contributed by atoms with Crippen molar-refractivity contribution in [2.45, 2.75) is 44.6 Å². The first-order valence-electron chi connectivity index (χ1n) is 7.59. The van der Waals surface area contributed by atoms with Crippen LogP contribution in [0.2, 0.25) is 0 Å². The van der Waals surface area contributed by atoms with E-state index in [2.05, 4.69) is 11.4 Å². The summed E-state index contributed by atoms with van der Waals surface area (Å²) in [5.41, 5.74) is 3.62. The highest BCUT2D eigenvalue weighted by Gasteiger charge is 2.23. The van der Waals surface area contributed by atoms with Crippen molar-refractivity contribution >= 4 is 11.7 Å². The van der Waals surface area contributed by atoms with Crippen molar-refractivity contribution in [3.8, 4) is 0 Å². The molecule has 1 atom stereocenters. The van der Waals surface area contributed by atoms with Gasteiger partial charge in [0.15, 0.2) is 0 Å². The molecule has 20 heavy (non-hydrogen) atoms. The van der Waals surface area contributed by atoms with Crippen molar-refractivity contribution in [3.63, 3.8) is 0 Å². The number of hydrogen-bond donors (Lipinski definition) is 2. The molecular formula is C16H22N2O2. The number of aliphatic hydroxyl groups excluding tert-OH is 1. The zero-order chi connectivity index (χ0) is 13.9. The van der Waals surface area contributed by atoms with Gasteiger partial charge in [-0.15, -0.1) is 0 Å². The average Bonchev–Trinajstić information content (AvgIpc) is 2.47. The monoisotopic (exact) mass is 274 g/mol. The van der Waals surface area contributed by atoms with E-state index in [0.717, 1.165) is 37.9 Å². The van der Waals surface area contributed by atoms with E-state index < -0.39 is 0 Å². The number of rotatable bonds is 1. The summed E-state index contributed by atoms with van der Waals surface area (Å²) in [6.07, 6.45) is 5.89. The Labute approximate surface area is 119 Å². The highest BCUT2D eigenvalue weighted by atomic mass is 16.3. The predicted octanol–water partition coefficient (Wildman–Crippen LogP) is 2.55. The maximum absolute atomic E-state index is 12.3. The zero-order valence-corrected chi connectivity index (χ0v) is 11.8. The van der Waals surface area contributed by atoms with Gasteiger partial charge in [-0.2, -0.15) is 0 Å². The predicted molar refractivity (Wildman–Crippen MR) is 78.9 cm³/mol. The second-order valence-electron chi connectivity index (χ2n) is 5.82. The number of likely N-dealkylation sites (tertiary alicyclic amines) is 1. The topological polar surface area (TPSA) is 52.6 Å². The van der Waals surface area contributed by atoms with Gasteiger partial charge in [0.1, 0.15) is 0 Å². The number of nitrogens with one attached hydrogen (secondary N) is 1. The molecule has 2 N–H and O–H groups in total. The Morgan fingerprint density at radius 3 is 2.95 bits per heavy atom. The summed E-state index contributed by atoms with van der Waals surface area (Å²) in [7, 11) is 0. The van der Waals surface area contributed by atoms with Gasteiger partial charge in [-0.1, -0.05) is 12.1 Å². The number of aryl methyl sites for hydroxylation is 1. The molecule has 1 aromatic carbocycles. The SMILES string of the molecule is O=C(Nc1cccc2c1CCCC2)N1CCCC(O)C1. The fourth-order valence-corrected chi connectivity index (χ4v) is 3.23. The second-order valence-corrected chi connectivity index (χ2v) is 5.82. The van der Waals surface area contributed by atoms with Crippen LogP contribution in [-0.4, -0.2) is 35.2 Å². The lowest BCUT2D eigenvalue weighted by atomic mass is 9.90. The van der Waals surface area contributed by atoms with Gasteiger partial charge in [0, 0.05) is 18.8 Å². The molecule has 1 heterocycles. The van der Waals surface area contributed by atoms with Crippen LogP contribution < -0.4 is 5.32 Å². The molecule has 1 unspecified atom stereocenters. The van der Waals surface area contributed by atoms with E-state index in [1.54, 1.807) is 4.90 Å². The van der Waals surface area contributed by atoms with Gasteiger partial charge in [-0.3, -0.25) is 0 Å². The van der Waals surface area contributed by atoms with Crippen LogP contribution >= 0.6 is 0 Å². The Morgan fingerprint density at radius 1 is 1.25 bits per heavy atom. The number of anilines is 1. The summed E-state index contributed by atoms with van der Waals surface area (Å²) < 4.78 is 0. The Morgan fingerprint density at radius 2 is 2.10 bits per heavy atom. The number of aliphatic hydroxyl groups is 1. The third-order valence-corrected chi connectivity index (χ3v) is 4.32. The standard InChI is InChI=1S/C16H22N2O2/c19-13-7-4-10-18(11-13)16(20)17-15-9-3-6-12-5-1-2-8-14(12)15/h3,6,9,13,19H,1-2,4-5,7-8,10-11H2,(H,17,20). The number of carbonyl (C=O) groups excluding carboxylic acids is 1. The Hall–Kier alpha value is -1.55. The number of amides is 2. The fourth-order valence-electron chi connectivity index (χ4n) is 3.23. The molecule has 4 heteroatoms. The molecule has 3 rings (SSSR count). The molecule has 1 aliphatic carbocycles. The quantitative estimate of drug-likeness (QED) is 0.827. The molecule has 0 spiro atoms. The van der Waals surface area contributed by atoms with E-state index >= 15 is 0 Å². The van der Waals surface area contributed by atoms with Gasteiger partial charge in [-0.05, 0) is 55.7 Å². The first-order chi connectivity index (χ1) is 9.74. The van der Waals surface area contributed by atoms with Crippen molar-refractivity contribution < 1.29 is 9.90 Å². The molecule has 4 nitrogen and oxygen atoms in total. The van der Waals surface area contributed by atoms with Gasteiger partial charge < -0.3 is 15.3 Å². The number of urea groups is 1. The fraction of sp³-hybridized carbons (Fsp3) is 0.562. The lowest BCUT2D eigenvalue weighted by Crippen LogP contribution is -2.44. The van der Waals surface area contributed by atoms with Gasteiger partial charge in [-0.25, -0.2) is 4.79 Å². The summed E-state index contributed by atoms with van der Waals surface area (Å²) in [6, 6.07) is 6.09. The highest BCUT2D eigenvalue weighted by molar-refractivity contribution is 5.90. The van der Waals surface area contributed by atoms with E-state index in [0.29, 0.717) is 6.54 Å². The number of fused-ring (bicyclic) bond motifs is 1. The van der Waals surface area contributed by atoms with Gasteiger partial charge in [0.25, 0.3) is 0 Å². The van der Waals surface area contributed by atoms with Crippen LogP contribution in [0.15, 0.2) is 18.2 Å². The van der Waals surface area contributed by atoms with Crippen molar-refractivity contribution in [2.75, 3.05) is 18.4 Å². The van der Waals surface area contributed by atoms with Crippen molar-refractivity contribution in [3.05, 3.63) is 29.3 Å². The second kappa shape index (κ2) is 5.83. The maximum Gasteiger partial charge on any atom is 0.321 e. The van der Waals surface area contributed by atoms with Crippen LogP contribution in [-0.2, 0) is 12.8 Å². The molecule has 2 amide bonds. The van der Waals surface area contributed by atoms with Crippen LogP contribution in [0.1, 0.15) is 36.8 Å². The normalized spacial score (nSPS) is 22.2. The van der Waals surface area contributed by atoms with Crippen LogP contribution in [0.4, 0.5) is 10.5 Å². The maximum atomic E-state index is 12.3. The molecule has 1 saturated heterocycles. The number of benzene rings is 1. The highest BCUT2D eigenvalue weighted by Crippen LogP contribution is 2.28. The smallest absolute Gasteiger partial charge is 0.321 e. The molecule has 0 radical (unpaired) electrons. The first kappa shape index (κ1) is 13.4. The minimum Gasteiger partial charge on any atom is -0.391 e. The van der Waals surface area contributed by atoms with Crippen LogP contribution in [0, 0.1) is 0 Å². The number of piperidine rings is 1. The third-order valence-electron chi connectivity index (χ3n) is 4.32. The van der Waals surface area contributed by atoms with E-state index in [1.165, 1.54) is 24.0 Å². The molecule has 1 aromatic rings. The molecule has 2 aliphatic rings. The number of carbonyl (C=O) groups is 1. The number of β-amino-alcohol motifs (C(OH)–C–C–N with tert-alkyl or cyclic N) is 1. The van der Waals surface area contributed by atoms with E-state index in [-0.39, 0.29) is 12.1 Å². The summed E-state index contributed by atoms with van der Waals surface area (Å²) in [5, 5.41) is 12.7. The van der Waals surface area contributed by atoms with Gasteiger partial charge >= 0.3 is 6.03 Å². The van der Waals surface area contributed by atoms with Crippen molar-refractivity contribution in [1.82, 2.24) is 4.90 Å². The zero-order valence-electron chi connectivity index (χ0n) is 11.8. The Kier molecular flexibility index (Phi) is 3.92. The van der Waals surface area contributed by atoms with Crippen LogP contribution in [0.5, 0.6) is 0 Å². The third kappa shape index (κ3) is 2.80. The lowest BCUT2D eigenvalue weighted by molar-refractivity contribution is 0.0883. The number of hydrogen-bond acceptors (Lipinski definition) is 2. The van der Waals surface area contributed by atoms with Gasteiger partial charge in [0.05, 0.1) is 6.10 Å². The number of nitrogens with zero attached hydrogens (tertiary/aromatic N) is 1. The Balaban J connectivity index is 1.72. The lowest BCUT2D eigenvalue weighted by Gasteiger charge is -2.30. The molecule has 1 aliphatic heterocycles. The molecule has 0 bridgehead atoms. The molecule has 0 aromatic heterocycles. The molecule has 0 saturated carbocycles. The van der Waals surface area contributed by atoms with E-state index in [4.69, 9.17) is 0 Å². The average molecular weight is 274 g/mol.